The van der Waals surface area contributed by atoms with E-state index in [-0.39, 0.29) is 5.37 Å². The van der Waals surface area contributed by atoms with Gasteiger partial charge in [0.2, 0.25) is 5.16 Å². The highest BCUT2D eigenvalue weighted by molar-refractivity contribution is 7.99. The van der Waals surface area contributed by atoms with Crippen molar-refractivity contribution in [2.75, 3.05) is 18.2 Å². The van der Waals surface area contributed by atoms with Crippen molar-refractivity contribution in [3.8, 4) is 0 Å². The maximum atomic E-state index is 5.97. The van der Waals surface area contributed by atoms with E-state index in [1.807, 2.05) is 19.1 Å². The molecule has 0 spiro atoms. The lowest BCUT2D eigenvalue weighted by molar-refractivity contribution is 0.388. The molecule has 5 nitrogen and oxygen atoms in total. The van der Waals surface area contributed by atoms with Crippen molar-refractivity contribution >= 4 is 23.4 Å². The topological polar surface area (TPSA) is 46.5 Å². The minimum absolute atomic E-state index is 0.195. The predicted molar refractivity (Wildman–Crippen MR) is 77.6 cm³/mol. The van der Waals surface area contributed by atoms with Crippen molar-refractivity contribution in [1.82, 2.24) is 14.9 Å². The van der Waals surface area contributed by atoms with Crippen LogP contribution in [0.15, 0.2) is 29.4 Å². The molecule has 7 heteroatoms. The van der Waals surface area contributed by atoms with Crippen LogP contribution in [0.2, 0.25) is 5.02 Å². The van der Waals surface area contributed by atoms with Crippen molar-refractivity contribution in [1.29, 1.82) is 0 Å². The van der Waals surface area contributed by atoms with Gasteiger partial charge in [0, 0.05) is 5.02 Å². The second kappa shape index (κ2) is 4.65. The number of nitrogens with zero attached hydrogens (tertiary/aromatic N) is 4. The standard InChI is InChI=1S/C13H13ClN4OS/c1-8-15-16-13-18(8)17(6-11-7-19-11)12(20-13)9-2-4-10(14)5-3-9/h2-5,11-12H,6-7H2,1H3. The van der Waals surface area contributed by atoms with E-state index in [0.29, 0.717) is 6.10 Å². The third-order valence-electron chi connectivity index (χ3n) is 3.46. The molecule has 2 atom stereocenters. The van der Waals surface area contributed by atoms with Gasteiger partial charge >= 0.3 is 0 Å². The van der Waals surface area contributed by atoms with Crippen molar-refractivity contribution in [2.24, 2.45) is 0 Å². The fourth-order valence-electron chi connectivity index (χ4n) is 2.40. The molecule has 20 heavy (non-hydrogen) atoms. The maximum absolute atomic E-state index is 5.97. The number of aryl methyl sites for hydroxylation is 1. The van der Waals surface area contributed by atoms with Crippen LogP contribution in [0.25, 0.3) is 0 Å². The molecule has 4 rings (SSSR count). The van der Waals surface area contributed by atoms with Crippen LogP contribution in [-0.4, -0.2) is 34.1 Å². The molecule has 2 unspecified atom stereocenters. The molecule has 1 saturated heterocycles. The third-order valence-corrected chi connectivity index (χ3v) is 4.92. The van der Waals surface area contributed by atoms with E-state index in [2.05, 4.69) is 32.0 Å². The van der Waals surface area contributed by atoms with E-state index in [4.69, 9.17) is 16.3 Å². The van der Waals surface area contributed by atoms with Crippen molar-refractivity contribution < 1.29 is 4.74 Å². The zero-order valence-electron chi connectivity index (χ0n) is 10.9. The number of thioether (sulfide) groups is 1. The molecule has 0 saturated carbocycles. The lowest BCUT2D eigenvalue weighted by Crippen LogP contribution is -2.37. The number of epoxide rings is 1. The number of fused-ring (bicyclic) bond motifs is 1. The van der Waals surface area contributed by atoms with Gasteiger partial charge in [-0.1, -0.05) is 35.5 Å². The van der Waals surface area contributed by atoms with E-state index in [0.717, 1.165) is 29.2 Å². The summed E-state index contributed by atoms with van der Waals surface area (Å²) >= 11 is 7.68. The van der Waals surface area contributed by atoms with E-state index < -0.39 is 0 Å². The van der Waals surface area contributed by atoms with Crippen LogP contribution in [-0.2, 0) is 4.74 Å². The second-order valence-electron chi connectivity index (χ2n) is 4.94. The summed E-state index contributed by atoms with van der Waals surface area (Å²) in [6.45, 7) is 3.67. The van der Waals surface area contributed by atoms with E-state index in [9.17, 15) is 0 Å². The highest BCUT2D eigenvalue weighted by Crippen LogP contribution is 2.43. The Morgan fingerprint density at radius 2 is 2.10 bits per heavy atom. The molecule has 2 aliphatic rings. The van der Waals surface area contributed by atoms with Gasteiger partial charge in [-0.3, -0.25) is 5.01 Å². The lowest BCUT2D eigenvalue weighted by atomic mass is 10.2. The first-order valence-corrected chi connectivity index (χ1v) is 7.71. The van der Waals surface area contributed by atoms with Gasteiger partial charge in [0.05, 0.1) is 13.2 Å². The SMILES string of the molecule is Cc1nnc2n1N(CC1CO1)C(c1ccc(Cl)cc1)S2. The molecule has 104 valence electrons. The van der Waals surface area contributed by atoms with Crippen LogP contribution < -0.4 is 5.01 Å². The third kappa shape index (κ3) is 2.08. The van der Waals surface area contributed by atoms with Crippen molar-refractivity contribution in [3.05, 3.63) is 40.7 Å². The van der Waals surface area contributed by atoms with Crippen molar-refractivity contribution in [3.63, 3.8) is 0 Å². The molecule has 0 amide bonds. The molecular weight excluding hydrogens is 296 g/mol. The van der Waals surface area contributed by atoms with Crippen LogP contribution >= 0.6 is 23.4 Å². The average Bonchev–Trinajstić information content (AvgIpc) is 3.08. The number of hydrogen-bond acceptors (Lipinski definition) is 5. The highest BCUT2D eigenvalue weighted by atomic mass is 35.5. The molecule has 0 radical (unpaired) electrons. The summed E-state index contributed by atoms with van der Waals surface area (Å²) in [6.07, 6.45) is 0.318. The number of aromatic nitrogens is 3. The van der Waals surface area contributed by atoms with Gasteiger partial charge in [0.25, 0.3) is 0 Å². The van der Waals surface area contributed by atoms with Crippen LogP contribution in [0.4, 0.5) is 0 Å². The summed E-state index contributed by atoms with van der Waals surface area (Å²) in [4.78, 5) is 0. The summed E-state index contributed by atoms with van der Waals surface area (Å²) in [5.41, 5.74) is 1.21. The number of benzene rings is 1. The summed E-state index contributed by atoms with van der Waals surface area (Å²) in [5, 5.41) is 12.5. The van der Waals surface area contributed by atoms with Gasteiger partial charge in [-0.05, 0) is 24.6 Å². The van der Waals surface area contributed by atoms with Gasteiger partial charge < -0.3 is 4.74 Å². The van der Waals surface area contributed by atoms with E-state index >= 15 is 0 Å². The molecule has 2 aliphatic heterocycles. The average molecular weight is 309 g/mol. The van der Waals surface area contributed by atoms with E-state index in [1.165, 1.54) is 5.56 Å². The molecule has 3 heterocycles. The first-order valence-electron chi connectivity index (χ1n) is 6.45. The molecular formula is C13H13ClN4OS. The van der Waals surface area contributed by atoms with Gasteiger partial charge in [-0.2, -0.15) is 0 Å². The number of ether oxygens (including phenoxy) is 1. The van der Waals surface area contributed by atoms with Gasteiger partial charge in [0.15, 0.2) is 0 Å². The number of hydrogen-bond donors (Lipinski definition) is 0. The summed E-state index contributed by atoms with van der Waals surface area (Å²) in [5.74, 6) is 0.907. The number of rotatable bonds is 3. The minimum Gasteiger partial charge on any atom is -0.371 e. The Hall–Kier alpha value is -1.24. The fraction of sp³-hybridized carbons (Fsp3) is 0.385. The molecule has 1 aromatic carbocycles. The molecule has 0 bridgehead atoms. The Morgan fingerprint density at radius 1 is 1.35 bits per heavy atom. The monoisotopic (exact) mass is 308 g/mol. The van der Waals surface area contributed by atoms with Crippen LogP contribution in [0, 0.1) is 6.92 Å². The molecule has 0 N–H and O–H groups in total. The van der Waals surface area contributed by atoms with Gasteiger partial charge in [-0.15, -0.1) is 10.2 Å². The van der Waals surface area contributed by atoms with Crippen LogP contribution in [0.5, 0.6) is 0 Å². The maximum Gasteiger partial charge on any atom is 0.212 e. The van der Waals surface area contributed by atoms with Gasteiger partial charge in [0.1, 0.15) is 17.3 Å². The largest absolute Gasteiger partial charge is 0.371 e. The lowest BCUT2D eigenvalue weighted by Gasteiger charge is -2.27. The summed E-state index contributed by atoms with van der Waals surface area (Å²) < 4.78 is 7.47. The quantitative estimate of drug-likeness (QED) is 0.815. The Kier molecular flexibility index (Phi) is 2.90. The zero-order chi connectivity index (χ0) is 13.7. The molecule has 0 aliphatic carbocycles. The zero-order valence-corrected chi connectivity index (χ0v) is 12.4. The van der Waals surface area contributed by atoms with Gasteiger partial charge in [-0.25, -0.2) is 4.68 Å². The fourth-order valence-corrected chi connectivity index (χ4v) is 3.75. The Labute approximate surface area is 125 Å². The normalized spacial score (nSPS) is 24.0. The van der Waals surface area contributed by atoms with E-state index in [1.54, 1.807) is 11.8 Å². The molecule has 1 aromatic heterocycles. The Balaban J connectivity index is 1.70. The van der Waals surface area contributed by atoms with Crippen LogP contribution in [0.3, 0.4) is 0 Å². The van der Waals surface area contributed by atoms with Crippen LogP contribution in [0.1, 0.15) is 16.8 Å². The molecule has 1 fully saturated rings. The molecule has 2 aromatic rings. The second-order valence-corrected chi connectivity index (χ2v) is 6.42. The smallest absolute Gasteiger partial charge is 0.212 e. The highest BCUT2D eigenvalue weighted by Gasteiger charge is 2.38. The first-order chi connectivity index (χ1) is 9.72. The summed E-state index contributed by atoms with van der Waals surface area (Å²) in [7, 11) is 0. The Morgan fingerprint density at radius 3 is 2.80 bits per heavy atom. The minimum atomic E-state index is 0.195. The van der Waals surface area contributed by atoms with Crippen molar-refractivity contribution in [2.45, 2.75) is 23.6 Å². The first kappa shape index (κ1) is 12.5. The Bertz CT molecular complexity index is 640. The number of halogens is 1. The predicted octanol–water partition coefficient (Wildman–Crippen LogP) is 2.38. The summed E-state index contributed by atoms with van der Waals surface area (Å²) in [6, 6.07) is 7.98.